The average molecular weight is 168 g/mol. The monoisotopic (exact) mass is 168 g/mol. The molecule has 0 fully saturated rings. The Morgan fingerprint density at radius 2 is 2.08 bits per heavy atom. The van der Waals surface area contributed by atoms with Gasteiger partial charge >= 0.3 is 5.97 Å². The SMILES string of the molecule is C[B]N/C=C/C(=O)OC(C)(C)C. The van der Waals surface area contributed by atoms with Gasteiger partial charge in [-0.3, -0.25) is 0 Å². The van der Waals surface area contributed by atoms with Crippen molar-refractivity contribution in [3.8, 4) is 0 Å². The molecule has 1 radical (unpaired) electrons. The fraction of sp³-hybridized carbons (Fsp3) is 0.625. The molecule has 4 heteroatoms. The van der Waals surface area contributed by atoms with Gasteiger partial charge in [0, 0.05) is 6.08 Å². The fourth-order valence-electron chi connectivity index (χ4n) is 0.548. The molecular weight excluding hydrogens is 153 g/mol. The quantitative estimate of drug-likeness (QED) is 0.389. The minimum Gasteiger partial charge on any atom is -0.457 e. The van der Waals surface area contributed by atoms with Gasteiger partial charge in [-0.1, -0.05) is 6.82 Å². The topological polar surface area (TPSA) is 38.3 Å². The van der Waals surface area contributed by atoms with Crippen molar-refractivity contribution < 1.29 is 9.53 Å². The molecule has 1 N–H and O–H groups in total. The largest absolute Gasteiger partial charge is 0.457 e. The van der Waals surface area contributed by atoms with E-state index in [1.165, 1.54) is 12.3 Å². The molecule has 0 saturated carbocycles. The third-order valence-electron chi connectivity index (χ3n) is 0.889. The molecule has 0 aromatic carbocycles. The van der Waals surface area contributed by atoms with Crippen LogP contribution in [0, 0.1) is 0 Å². The lowest BCUT2D eigenvalue weighted by Crippen LogP contribution is -2.23. The van der Waals surface area contributed by atoms with Crippen molar-refractivity contribution in [3.05, 3.63) is 12.3 Å². The number of hydrogen-bond acceptors (Lipinski definition) is 3. The molecule has 0 bridgehead atoms. The zero-order chi connectivity index (χ0) is 9.61. The van der Waals surface area contributed by atoms with E-state index < -0.39 is 5.60 Å². The Hall–Kier alpha value is -0.925. The molecule has 0 rings (SSSR count). The third-order valence-corrected chi connectivity index (χ3v) is 0.889. The first-order valence-corrected chi connectivity index (χ1v) is 3.89. The van der Waals surface area contributed by atoms with E-state index in [-0.39, 0.29) is 5.97 Å². The molecule has 0 amide bonds. The second-order valence-corrected chi connectivity index (χ2v) is 3.32. The van der Waals surface area contributed by atoms with E-state index in [9.17, 15) is 4.79 Å². The summed E-state index contributed by atoms with van der Waals surface area (Å²) in [5, 5.41) is 2.76. The molecule has 3 nitrogen and oxygen atoms in total. The van der Waals surface area contributed by atoms with E-state index in [1.54, 1.807) is 7.41 Å². The van der Waals surface area contributed by atoms with Gasteiger partial charge in [-0.2, -0.15) is 0 Å². The van der Waals surface area contributed by atoms with Gasteiger partial charge in [0.15, 0.2) is 0 Å². The Balaban J connectivity index is 3.75. The van der Waals surface area contributed by atoms with Crippen LogP contribution in [0.15, 0.2) is 12.3 Å². The van der Waals surface area contributed by atoms with Crippen molar-refractivity contribution in [2.24, 2.45) is 0 Å². The van der Waals surface area contributed by atoms with E-state index in [4.69, 9.17) is 4.74 Å². The third kappa shape index (κ3) is 7.19. The van der Waals surface area contributed by atoms with E-state index in [1.807, 2.05) is 27.6 Å². The number of rotatable bonds is 3. The Labute approximate surface area is 74.4 Å². The zero-order valence-corrected chi connectivity index (χ0v) is 8.05. The second kappa shape index (κ2) is 4.85. The number of esters is 1. The van der Waals surface area contributed by atoms with Gasteiger partial charge in [0.2, 0.25) is 7.41 Å². The molecule has 0 aromatic heterocycles. The lowest BCUT2D eigenvalue weighted by atomic mass is 10.0. The molecule has 0 spiro atoms. The Bertz CT molecular complexity index is 172. The Kier molecular flexibility index (Phi) is 4.48. The molecule has 0 aliphatic heterocycles. The number of ether oxygens (including phenoxy) is 1. The summed E-state index contributed by atoms with van der Waals surface area (Å²) in [6.07, 6.45) is 2.89. The van der Waals surface area contributed by atoms with Crippen molar-refractivity contribution in [3.63, 3.8) is 0 Å². The second-order valence-electron chi connectivity index (χ2n) is 3.32. The first-order valence-electron chi connectivity index (χ1n) is 3.89. The van der Waals surface area contributed by atoms with Crippen molar-refractivity contribution in [1.82, 2.24) is 5.23 Å². The Morgan fingerprint density at radius 3 is 2.50 bits per heavy atom. The van der Waals surface area contributed by atoms with E-state index in [2.05, 4.69) is 5.23 Å². The first kappa shape index (κ1) is 11.1. The number of carbonyl (C=O) groups excluding carboxylic acids is 1. The van der Waals surface area contributed by atoms with Crippen LogP contribution in [0.5, 0.6) is 0 Å². The maximum Gasteiger partial charge on any atom is 0.332 e. The van der Waals surface area contributed by atoms with Crippen LogP contribution in [0.3, 0.4) is 0 Å². The summed E-state index contributed by atoms with van der Waals surface area (Å²) in [6, 6.07) is 0. The predicted molar refractivity (Wildman–Crippen MR) is 49.7 cm³/mol. The molecule has 67 valence electrons. The summed E-state index contributed by atoms with van der Waals surface area (Å²) in [5.41, 5.74) is -0.419. The van der Waals surface area contributed by atoms with Crippen LogP contribution in [0.25, 0.3) is 0 Å². The highest BCUT2D eigenvalue weighted by Crippen LogP contribution is 2.06. The van der Waals surface area contributed by atoms with Crippen LogP contribution in [-0.4, -0.2) is 19.0 Å². The summed E-state index contributed by atoms with van der Waals surface area (Å²) in [5.74, 6) is -0.336. The smallest absolute Gasteiger partial charge is 0.332 e. The first-order chi connectivity index (χ1) is 5.45. The molecule has 12 heavy (non-hydrogen) atoms. The summed E-state index contributed by atoms with van der Waals surface area (Å²) in [4.78, 5) is 11.0. The highest BCUT2D eigenvalue weighted by atomic mass is 16.6. The average Bonchev–Trinajstić information content (AvgIpc) is 1.84. The fourth-order valence-corrected chi connectivity index (χ4v) is 0.548. The van der Waals surface area contributed by atoms with Crippen molar-refractivity contribution >= 4 is 13.4 Å². The van der Waals surface area contributed by atoms with E-state index >= 15 is 0 Å². The number of carbonyl (C=O) groups is 1. The molecule has 0 saturated heterocycles. The van der Waals surface area contributed by atoms with Gasteiger partial charge in [-0.05, 0) is 27.0 Å². The zero-order valence-electron chi connectivity index (χ0n) is 8.05. The van der Waals surface area contributed by atoms with Gasteiger partial charge in [0.1, 0.15) is 5.60 Å². The predicted octanol–water partition coefficient (Wildman–Crippen LogP) is 1.10. The molecule has 0 aliphatic rings. The van der Waals surface area contributed by atoms with Crippen LogP contribution in [0.1, 0.15) is 20.8 Å². The number of nitrogens with one attached hydrogen (secondary N) is 1. The van der Waals surface area contributed by atoms with Gasteiger partial charge in [-0.25, -0.2) is 4.79 Å². The highest BCUT2D eigenvalue weighted by Gasteiger charge is 2.13. The van der Waals surface area contributed by atoms with Crippen molar-refractivity contribution in [2.75, 3.05) is 0 Å². The minimum atomic E-state index is -0.419. The maximum absolute atomic E-state index is 11.0. The van der Waals surface area contributed by atoms with Gasteiger partial charge in [-0.15, -0.1) is 0 Å². The van der Waals surface area contributed by atoms with Crippen molar-refractivity contribution in [1.29, 1.82) is 0 Å². The van der Waals surface area contributed by atoms with Gasteiger partial charge < -0.3 is 9.96 Å². The summed E-state index contributed by atoms with van der Waals surface area (Å²) in [6.45, 7) is 7.33. The molecule has 0 atom stereocenters. The number of hydrogen-bond donors (Lipinski definition) is 1. The lowest BCUT2D eigenvalue weighted by Gasteiger charge is -2.17. The lowest BCUT2D eigenvalue weighted by molar-refractivity contribution is -0.148. The van der Waals surface area contributed by atoms with Crippen LogP contribution >= 0.6 is 0 Å². The maximum atomic E-state index is 11.0. The van der Waals surface area contributed by atoms with Gasteiger partial charge in [0.25, 0.3) is 0 Å². The van der Waals surface area contributed by atoms with Crippen LogP contribution in [-0.2, 0) is 9.53 Å². The summed E-state index contributed by atoms with van der Waals surface area (Å²) >= 11 is 0. The van der Waals surface area contributed by atoms with E-state index in [0.29, 0.717) is 0 Å². The summed E-state index contributed by atoms with van der Waals surface area (Å²) in [7, 11) is 1.72. The van der Waals surface area contributed by atoms with Crippen LogP contribution in [0.2, 0.25) is 6.82 Å². The highest BCUT2D eigenvalue weighted by molar-refractivity contribution is 6.30. The van der Waals surface area contributed by atoms with Crippen molar-refractivity contribution in [2.45, 2.75) is 33.2 Å². The van der Waals surface area contributed by atoms with E-state index in [0.717, 1.165) is 0 Å². The summed E-state index contributed by atoms with van der Waals surface area (Å²) < 4.78 is 5.00. The molecule has 0 heterocycles. The molecule has 0 aliphatic carbocycles. The molecule has 0 unspecified atom stereocenters. The standard InChI is InChI=1S/C8H15BNO2/c1-8(2,3)12-7(11)5-6-10-9-4/h5-6,10H,1-4H3/b6-5+. The van der Waals surface area contributed by atoms with Crippen LogP contribution < -0.4 is 5.23 Å². The minimum absolute atomic E-state index is 0.336. The Morgan fingerprint density at radius 1 is 1.50 bits per heavy atom. The van der Waals surface area contributed by atoms with Gasteiger partial charge in [0.05, 0.1) is 0 Å². The normalized spacial score (nSPS) is 11.3. The molecule has 0 aromatic rings. The van der Waals surface area contributed by atoms with Crippen LogP contribution in [0.4, 0.5) is 0 Å². The molecular formula is C8H15BNO2.